The Morgan fingerprint density at radius 1 is 0.881 bits per heavy atom. The Balaban J connectivity index is 1.36. The first-order chi connectivity index (χ1) is 20.6. The van der Waals surface area contributed by atoms with Crippen LogP contribution in [0.5, 0.6) is 0 Å². The van der Waals surface area contributed by atoms with Crippen molar-refractivity contribution in [3.05, 3.63) is 88.4 Å². The number of hydrogen-bond acceptors (Lipinski definition) is 5. The van der Waals surface area contributed by atoms with Crippen LogP contribution in [0, 0.1) is 11.8 Å². The Labute approximate surface area is 255 Å². The van der Waals surface area contributed by atoms with Crippen LogP contribution >= 0.6 is 11.3 Å². The third kappa shape index (κ3) is 11.2. The first kappa shape index (κ1) is 31.7. The van der Waals surface area contributed by atoms with Gasteiger partial charge in [0.05, 0.1) is 10.4 Å². The van der Waals surface area contributed by atoms with Gasteiger partial charge in [0.2, 0.25) is 5.91 Å². The van der Waals surface area contributed by atoms with E-state index in [1.54, 1.807) is 11.7 Å². The molecule has 7 heteroatoms. The highest BCUT2D eigenvalue weighted by molar-refractivity contribution is 7.09. The molecule has 42 heavy (non-hydrogen) atoms. The number of nitrogens with zero attached hydrogens (tertiary/aromatic N) is 1. The van der Waals surface area contributed by atoms with Gasteiger partial charge in [-0.15, -0.1) is 11.3 Å². The van der Waals surface area contributed by atoms with Crippen molar-refractivity contribution >= 4 is 23.3 Å². The fourth-order valence-electron chi connectivity index (χ4n) is 6.02. The van der Waals surface area contributed by atoms with Gasteiger partial charge in [-0.1, -0.05) is 93.3 Å². The van der Waals surface area contributed by atoms with Crippen LogP contribution in [0.4, 0.5) is 4.79 Å². The van der Waals surface area contributed by atoms with Crippen molar-refractivity contribution < 1.29 is 14.3 Å². The van der Waals surface area contributed by atoms with E-state index >= 15 is 0 Å². The van der Waals surface area contributed by atoms with E-state index in [4.69, 9.17) is 4.74 Å². The van der Waals surface area contributed by atoms with Gasteiger partial charge in [-0.05, 0) is 68.4 Å². The summed E-state index contributed by atoms with van der Waals surface area (Å²) in [6.07, 6.45) is 13.8. The number of carbonyl (C=O) groups excluding carboxylic acids is 2. The minimum absolute atomic E-state index is 0.00420. The Hall–Kier alpha value is -3.19. The highest BCUT2D eigenvalue weighted by Gasteiger charge is 2.28. The summed E-state index contributed by atoms with van der Waals surface area (Å²) in [6.45, 7) is 2.46. The van der Waals surface area contributed by atoms with E-state index in [-0.39, 0.29) is 30.5 Å². The topological polar surface area (TPSA) is 80.3 Å². The minimum atomic E-state index is -0.427. The molecular weight excluding hydrogens is 542 g/mol. The van der Waals surface area contributed by atoms with Crippen LogP contribution in [-0.4, -0.2) is 29.1 Å². The summed E-state index contributed by atoms with van der Waals surface area (Å²) in [5, 5.41) is 6.53. The standard InChI is InChI=1S/C35H47N3O3S/c1-2-3-6-11-27-16-18-30(19-17-27)34(39)37-31(22-28-12-7-4-8-13-28)20-21-32(23-29-14-9-5-10-15-29)38-35(40)41-25-33-24-36-26-42-33/h4-5,7-10,12-15,24,26-27,30-32H,2-3,6,11,16-23,25H2,1H3,(H,37,39)(H,38,40). The molecule has 0 aliphatic heterocycles. The van der Waals surface area contributed by atoms with Gasteiger partial charge in [-0.3, -0.25) is 9.78 Å². The lowest BCUT2D eigenvalue weighted by Crippen LogP contribution is -2.43. The number of unbranched alkanes of at least 4 members (excludes halogenated alkanes) is 2. The fourth-order valence-corrected chi connectivity index (χ4v) is 6.53. The minimum Gasteiger partial charge on any atom is -0.444 e. The third-order valence-corrected chi connectivity index (χ3v) is 9.20. The van der Waals surface area contributed by atoms with E-state index in [1.807, 2.05) is 36.4 Å². The number of alkyl carbamates (subject to hydrolysis) is 1. The van der Waals surface area contributed by atoms with Crippen molar-refractivity contribution in [1.82, 2.24) is 15.6 Å². The molecule has 6 nitrogen and oxygen atoms in total. The molecular formula is C35H47N3O3S. The van der Waals surface area contributed by atoms with Crippen LogP contribution in [0.1, 0.15) is 87.1 Å². The summed E-state index contributed by atoms with van der Waals surface area (Å²) < 4.78 is 5.49. The summed E-state index contributed by atoms with van der Waals surface area (Å²) in [5.74, 6) is 1.08. The fraction of sp³-hybridized carbons (Fsp3) is 0.514. The van der Waals surface area contributed by atoms with Gasteiger partial charge in [0.1, 0.15) is 6.61 Å². The van der Waals surface area contributed by atoms with Gasteiger partial charge in [0.25, 0.3) is 0 Å². The maximum absolute atomic E-state index is 13.5. The molecule has 2 atom stereocenters. The number of ether oxygens (including phenoxy) is 1. The van der Waals surface area contributed by atoms with E-state index in [2.05, 4.69) is 46.8 Å². The Bertz CT molecular complexity index is 1160. The van der Waals surface area contributed by atoms with E-state index in [9.17, 15) is 9.59 Å². The predicted molar refractivity (Wildman–Crippen MR) is 170 cm³/mol. The maximum atomic E-state index is 13.5. The van der Waals surface area contributed by atoms with E-state index in [1.165, 1.54) is 42.6 Å². The average molecular weight is 590 g/mol. The maximum Gasteiger partial charge on any atom is 0.407 e. The number of carbonyl (C=O) groups is 2. The molecule has 226 valence electrons. The van der Waals surface area contributed by atoms with Crippen molar-refractivity contribution in [3.8, 4) is 0 Å². The van der Waals surface area contributed by atoms with Crippen molar-refractivity contribution in [2.45, 2.75) is 103 Å². The van der Waals surface area contributed by atoms with Gasteiger partial charge < -0.3 is 15.4 Å². The lowest BCUT2D eigenvalue weighted by molar-refractivity contribution is -0.127. The van der Waals surface area contributed by atoms with Gasteiger partial charge in [-0.2, -0.15) is 0 Å². The SMILES string of the molecule is CCCCCC1CCC(C(=O)NC(CCC(Cc2ccccc2)NC(=O)OCc2cncs2)Cc2ccccc2)CC1. The van der Waals surface area contributed by atoms with Gasteiger partial charge in [0.15, 0.2) is 0 Å². The number of nitrogens with one attached hydrogen (secondary N) is 2. The molecule has 0 radical (unpaired) electrons. The normalized spacial score (nSPS) is 18.1. The monoisotopic (exact) mass is 589 g/mol. The molecule has 1 aromatic heterocycles. The number of thiazole rings is 1. The van der Waals surface area contributed by atoms with Gasteiger partial charge in [0, 0.05) is 24.2 Å². The molecule has 1 aliphatic rings. The average Bonchev–Trinajstić information content (AvgIpc) is 3.54. The highest BCUT2D eigenvalue weighted by Crippen LogP contribution is 2.32. The predicted octanol–water partition coefficient (Wildman–Crippen LogP) is 7.88. The Morgan fingerprint density at radius 3 is 2.07 bits per heavy atom. The molecule has 1 heterocycles. The second kappa shape index (κ2) is 17.7. The largest absolute Gasteiger partial charge is 0.444 e. The smallest absolute Gasteiger partial charge is 0.407 e. The molecule has 2 amide bonds. The number of benzene rings is 2. The number of hydrogen-bond donors (Lipinski definition) is 2. The first-order valence-electron chi connectivity index (χ1n) is 15.8. The zero-order valence-electron chi connectivity index (χ0n) is 25.0. The lowest BCUT2D eigenvalue weighted by Gasteiger charge is -2.30. The van der Waals surface area contributed by atoms with Gasteiger partial charge in [-0.25, -0.2) is 4.79 Å². The van der Waals surface area contributed by atoms with Crippen molar-refractivity contribution in [1.29, 1.82) is 0 Å². The van der Waals surface area contributed by atoms with Crippen molar-refractivity contribution in [2.75, 3.05) is 0 Å². The molecule has 1 saturated carbocycles. The van der Waals surface area contributed by atoms with Crippen LogP contribution in [-0.2, 0) is 29.0 Å². The molecule has 0 bridgehead atoms. The highest BCUT2D eigenvalue weighted by atomic mass is 32.1. The zero-order valence-corrected chi connectivity index (χ0v) is 25.8. The second-order valence-electron chi connectivity index (χ2n) is 11.8. The molecule has 2 N–H and O–H groups in total. The summed E-state index contributed by atoms with van der Waals surface area (Å²) in [4.78, 5) is 31.2. The van der Waals surface area contributed by atoms with E-state index in [0.717, 1.165) is 61.3 Å². The lowest BCUT2D eigenvalue weighted by atomic mass is 9.79. The van der Waals surface area contributed by atoms with Gasteiger partial charge >= 0.3 is 6.09 Å². The Morgan fingerprint density at radius 2 is 1.50 bits per heavy atom. The summed E-state index contributed by atoms with van der Waals surface area (Å²) >= 11 is 1.47. The summed E-state index contributed by atoms with van der Waals surface area (Å²) in [7, 11) is 0. The number of amides is 2. The van der Waals surface area contributed by atoms with Crippen molar-refractivity contribution in [3.63, 3.8) is 0 Å². The Kier molecular flexibility index (Phi) is 13.4. The molecule has 1 fully saturated rings. The first-order valence-corrected chi connectivity index (χ1v) is 16.7. The van der Waals surface area contributed by atoms with E-state index in [0.29, 0.717) is 6.42 Å². The summed E-state index contributed by atoms with van der Waals surface area (Å²) in [6, 6.07) is 20.4. The van der Waals surface area contributed by atoms with Crippen LogP contribution in [0.25, 0.3) is 0 Å². The van der Waals surface area contributed by atoms with Crippen LogP contribution in [0.3, 0.4) is 0 Å². The van der Waals surface area contributed by atoms with Crippen LogP contribution < -0.4 is 10.6 Å². The van der Waals surface area contributed by atoms with Crippen LogP contribution in [0.15, 0.2) is 72.4 Å². The molecule has 4 rings (SSSR count). The molecule has 0 spiro atoms. The molecule has 2 unspecified atom stereocenters. The van der Waals surface area contributed by atoms with Crippen LogP contribution in [0.2, 0.25) is 0 Å². The number of rotatable bonds is 16. The van der Waals surface area contributed by atoms with Crippen molar-refractivity contribution in [2.24, 2.45) is 11.8 Å². The number of aromatic nitrogens is 1. The quantitative estimate of drug-likeness (QED) is 0.167. The second-order valence-corrected chi connectivity index (χ2v) is 12.7. The molecule has 2 aromatic carbocycles. The zero-order chi connectivity index (χ0) is 29.4. The van der Waals surface area contributed by atoms with E-state index < -0.39 is 6.09 Å². The molecule has 1 aliphatic carbocycles. The summed E-state index contributed by atoms with van der Waals surface area (Å²) in [5.41, 5.74) is 4.10. The third-order valence-electron chi connectivity index (χ3n) is 8.44. The molecule has 3 aromatic rings. The molecule has 0 saturated heterocycles.